The standard InChI is InChI=1S/C22H28N5O2/c1-23-20-6-4-12-27(20)21(28)15-26-13-9-16(10-14-26)25-18-7-8-19(29-2)22-17(18)5-3-11-24-22/h1,3,5,7-8,11,16,20,25H,4,6,9-10,12-15H2,2H3/q+1. The van der Waals surface area contributed by atoms with E-state index >= 15 is 0 Å². The number of fused-ring (bicyclic) bond motifs is 1. The van der Waals surface area contributed by atoms with Crippen LogP contribution in [0.5, 0.6) is 5.75 Å². The summed E-state index contributed by atoms with van der Waals surface area (Å²) < 4.78 is 5.43. The third kappa shape index (κ3) is 4.13. The Bertz CT molecular complexity index is 917. The van der Waals surface area contributed by atoms with Crippen molar-refractivity contribution in [2.24, 2.45) is 0 Å². The van der Waals surface area contributed by atoms with Crippen molar-refractivity contribution >= 4 is 22.5 Å². The molecule has 4 rings (SSSR count). The topological polar surface area (TPSA) is 62.1 Å². The van der Waals surface area contributed by atoms with Gasteiger partial charge in [-0.1, -0.05) is 4.85 Å². The minimum Gasteiger partial charge on any atom is -0.494 e. The van der Waals surface area contributed by atoms with Gasteiger partial charge in [-0.05, 0) is 43.5 Å². The lowest BCUT2D eigenvalue weighted by molar-refractivity contribution is -0.132. The van der Waals surface area contributed by atoms with Crippen molar-refractivity contribution in [3.8, 4) is 12.3 Å². The summed E-state index contributed by atoms with van der Waals surface area (Å²) in [6.07, 6.45) is 5.48. The van der Waals surface area contributed by atoms with Crippen molar-refractivity contribution in [2.45, 2.75) is 37.9 Å². The lowest BCUT2D eigenvalue weighted by atomic mass is 10.0. The number of anilines is 1. The van der Waals surface area contributed by atoms with Crippen molar-refractivity contribution in [1.82, 2.24) is 14.8 Å². The summed E-state index contributed by atoms with van der Waals surface area (Å²) in [5.74, 6) is 0.921. The number of rotatable bonds is 5. The molecule has 0 radical (unpaired) electrons. The lowest BCUT2D eigenvalue weighted by Crippen LogP contribution is -2.46. The summed E-state index contributed by atoms with van der Waals surface area (Å²) in [4.78, 5) is 25.0. The summed E-state index contributed by atoms with van der Waals surface area (Å²) >= 11 is 0. The first-order chi connectivity index (χ1) is 14.2. The van der Waals surface area contributed by atoms with Crippen LogP contribution in [-0.4, -0.2) is 66.2 Å². The Balaban J connectivity index is 1.34. The van der Waals surface area contributed by atoms with Gasteiger partial charge in [0, 0.05) is 42.9 Å². The number of likely N-dealkylation sites (tertiary alicyclic amines) is 2. The molecule has 2 aromatic rings. The summed E-state index contributed by atoms with van der Waals surface area (Å²) in [6, 6.07) is 8.40. The maximum atomic E-state index is 12.6. The first-order valence-corrected chi connectivity index (χ1v) is 10.3. The molecule has 1 aromatic heterocycles. The fourth-order valence-electron chi connectivity index (χ4n) is 4.37. The number of aromatic nitrogens is 1. The maximum absolute atomic E-state index is 12.6. The zero-order valence-electron chi connectivity index (χ0n) is 16.9. The first kappa shape index (κ1) is 19.5. The number of nitrogens with zero attached hydrogens (tertiary/aromatic N) is 4. The molecule has 1 atom stereocenters. The van der Waals surface area contributed by atoms with Crippen LogP contribution < -0.4 is 10.1 Å². The number of carbonyl (C=O) groups excluding carboxylic acids is 1. The third-order valence-electron chi connectivity index (χ3n) is 5.97. The van der Waals surface area contributed by atoms with Gasteiger partial charge in [-0.3, -0.25) is 19.6 Å². The van der Waals surface area contributed by atoms with E-state index in [0.717, 1.165) is 67.7 Å². The molecule has 3 heterocycles. The maximum Gasteiger partial charge on any atom is 0.349 e. The molecule has 0 bridgehead atoms. The van der Waals surface area contributed by atoms with Gasteiger partial charge >= 0.3 is 6.17 Å². The molecular formula is C22H28N5O2+. The van der Waals surface area contributed by atoms with Crippen LogP contribution in [0.4, 0.5) is 5.69 Å². The molecule has 0 spiro atoms. The van der Waals surface area contributed by atoms with Gasteiger partial charge in [0.1, 0.15) is 11.3 Å². The average Bonchev–Trinajstić information content (AvgIpc) is 3.24. The van der Waals surface area contributed by atoms with E-state index in [4.69, 9.17) is 11.3 Å². The summed E-state index contributed by atoms with van der Waals surface area (Å²) in [6.45, 7) is 8.45. The molecule has 1 amide bonds. The molecule has 29 heavy (non-hydrogen) atoms. The van der Waals surface area contributed by atoms with Gasteiger partial charge in [0.2, 0.25) is 5.91 Å². The number of piperidine rings is 1. The number of carbonyl (C=O) groups is 1. The van der Waals surface area contributed by atoms with E-state index in [1.165, 1.54) is 0 Å². The van der Waals surface area contributed by atoms with Crippen LogP contribution in [0.2, 0.25) is 0 Å². The second-order valence-corrected chi connectivity index (χ2v) is 7.77. The molecular weight excluding hydrogens is 366 g/mol. The Morgan fingerprint density at radius 3 is 2.86 bits per heavy atom. The predicted molar refractivity (Wildman–Crippen MR) is 114 cm³/mol. The van der Waals surface area contributed by atoms with Crippen molar-refractivity contribution < 1.29 is 9.53 Å². The highest BCUT2D eigenvalue weighted by atomic mass is 16.5. The van der Waals surface area contributed by atoms with E-state index in [1.807, 2.05) is 17.0 Å². The summed E-state index contributed by atoms with van der Waals surface area (Å²) in [5, 5.41) is 4.74. The SMILES string of the molecule is C#[N+]C1CCCN1C(=O)CN1CCC(Nc2ccc(OC)c3ncccc23)CC1. The summed E-state index contributed by atoms with van der Waals surface area (Å²) in [7, 11) is 1.67. The monoisotopic (exact) mass is 394 g/mol. The average molecular weight is 394 g/mol. The van der Waals surface area contributed by atoms with Gasteiger partial charge in [-0.2, -0.15) is 0 Å². The van der Waals surface area contributed by atoms with E-state index in [0.29, 0.717) is 12.6 Å². The molecule has 2 aliphatic rings. The van der Waals surface area contributed by atoms with E-state index in [2.05, 4.69) is 32.2 Å². The van der Waals surface area contributed by atoms with E-state index in [-0.39, 0.29) is 12.1 Å². The van der Waals surface area contributed by atoms with Crippen LogP contribution in [0.3, 0.4) is 0 Å². The van der Waals surface area contributed by atoms with Gasteiger partial charge in [-0.25, -0.2) is 0 Å². The minimum absolute atomic E-state index is 0.139. The Morgan fingerprint density at radius 1 is 1.28 bits per heavy atom. The van der Waals surface area contributed by atoms with Gasteiger partial charge < -0.3 is 10.1 Å². The quantitative estimate of drug-likeness (QED) is 0.845. The number of benzene rings is 1. The molecule has 152 valence electrons. The predicted octanol–water partition coefficient (Wildman–Crippen LogP) is 3.03. The number of nitrogens with one attached hydrogen (secondary N) is 1. The van der Waals surface area contributed by atoms with E-state index in [9.17, 15) is 4.79 Å². The third-order valence-corrected chi connectivity index (χ3v) is 5.97. The number of pyridine rings is 1. The number of hydrogen-bond acceptors (Lipinski definition) is 5. The Hall–Kier alpha value is -2.85. The van der Waals surface area contributed by atoms with Gasteiger partial charge in [0.15, 0.2) is 0 Å². The van der Waals surface area contributed by atoms with Crippen molar-refractivity contribution in [2.75, 3.05) is 38.6 Å². The smallest absolute Gasteiger partial charge is 0.349 e. The number of ether oxygens (including phenoxy) is 1. The number of methoxy groups -OCH3 is 1. The minimum atomic E-state index is -0.140. The molecule has 7 heteroatoms. The van der Waals surface area contributed by atoms with Crippen molar-refractivity contribution in [1.29, 1.82) is 0 Å². The number of amides is 1. The largest absolute Gasteiger partial charge is 0.494 e. The van der Waals surface area contributed by atoms with Crippen molar-refractivity contribution in [3.63, 3.8) is 0 Å². The lowest BCUT2D eigenvalue weighted by Gasteiger charge is -2.33. The van der Waals surface area contributed by atoms with Crippen LogP contribution in [-0.2, 0) is 4.79 Å². The fraction of sp³-hybridized carbons (Fsp3) is 0.500. The molecule has 2 saturated heterocycles. The second kappa shape index (κ2) is 8.66. The summed E-state index contributed by atoms with van der Waals surface area (Å²) in [5.41, 5.74) is 1.95. The highest BCUT2D eigenvalue weighted by Crippen LogP contribution is 2.31. The number of hydrogen-bond donors (Lipinski definition) is 1. The second-order valence-electron chi connectivity index (χ2n) is 7.77. The highest BCUT2D eigenvalue weighted by Gasteiger charge is 2.36. The van der Waals surface area contributed by atoms with Crippen LogP contribution in [0.25, 0.3) is 15.7 Å². The Kier molecular flexibility index (Phi) is 5.81. The van der Waals surface area contributed by atoms with Gasteiger partial charge in [0.25, 0.3) is 6.57 Å². The molecule has 1 N–H and O–H groups in total. The first-order valence-electron chi connectivity index (χ1n) is 10.3. The van der Waals surface area contributed by atoms with Crippen LogP contribution in [0, 0.1) is 6.57 Å². The Labute approximate surface area is 171 Å². The zero-order valence-corrected chi connectivity index (χ0v) is 16.9. The van der Waals surface area contributed by atoms with Gasteiger partial charge in [0.05, 0.1) is 20.1 Å². The van der Waals surface area contributed by atoms with Crippen LogP contribution >= 0.6 is 0 Å². The van der Waals surface area contributed by atoms with E-state index in [1.54, 1.807) is 13.3 Å². The fourth-order valence-corrected chi connectivity index (χ4v) is 4.37. The molecule has 0 saturated carbocycles. The molecule has 1 unspecified atom stereocenters. The molecule has 1 aromatic carbocycles. The molecule has 0 aliphatic carbocycles. The van der Waals surface area contributed by atoms with Crippen LogP contribution in [0.15, 0.2) is 30.5 Å². The van der Waals surface area contributed by atoms with Crippen LogP contribution in [0.1, 0.15) is 25.7 Å². The molecule has 2 fully saturated rings. The highest BCUT2D eigenvalue weighted by molar-refractivity contribution is 5.95. The zero-order chi connectivity index (χ0) is 20.2. The molecule has 7 nitrogen and oxygen atoms in total. The normalized spacial score (nSPS) is 20.6. The Morgan fingerprint density at radius 2 is 2.10 bits per heavy atom. The molecule has 2 aliphatic heterocycles. The van der Waals surface area contributed by atoms with E-state index < -0.39 is 0 Å². The van der Waals surface area contributed by atoms with Gasteiger partial charge in [-0.15, -0.1) is 0 Å². The van der Waals surface area contributed by atoms with Crippen molar-refractivity contribution in [3.05, 3.63) is 35.3 Å².